The summed E-state index contributed by atoms with van der Waals surface area (Å²) in [5, 5.41) is 21.3. The fourth-order valence-electron chi connectivity index (χ4n) is 2.60. The molecule has 108 valence electrons. The predicted octanol–water partition coefficient (Wildman–Crippen LogP) is 1.70. The number of phenols is 1. The van der Waals surface area contributed by atoms with Crippen LogP contribution in [0.25, 0.3) is 0 Å². The number of hydrogen-bond acceptors (Lipinski definition) is 3. The van der Waals surface area contributed by atoms with Crippen molar-refractivity contribution in [2.24, 2.45) is 5.41 Å². The van der Waals surface area contributed by atoms with E-state index >= 15 is 0 Å². The van der Waals surface area contributed by atoms with Crippen molar-refractivity contribution in [3.05, 3.63) is 29.8 Å². The number of hydrogen-bond donors (Lipinski definition) is 3. The second-order valence-electron chi connectivity index (χ2n) is 5.51. The second-order valence-corrected chi connectivity index (χ2v) is 5.51. The predicted molar refractivity (Wildman–Crippen MR) is 73.4 cm³/mol. The highest BCUT2D eigenvalue weighted by atomic mass is 16.4. The summed E-state index contributed by atoms with van der Waals surface area (Å²) >= 11 is 0. The van der Waals surface area contributed by atoms with Gasteiger partial charge in [-0.25, -0.2) is 0 Å². The zero-order valence-electron chi connectivity index (χ0n) is 11.3. The van der Waals surface area contributed by atoms with Crippen molar-refractivity contribution in [3.63, 3.8) is 0 Å². The quantitative estimate of drug-likeness (QED) is 0.738. The molecule has 20 heavy (non-hydrogen) atoms. The van der Waals surface area contributed by atoms with E-state index in [1.165, 1.54) is 0 Å². The van der Waals surface area contributed by atoms with Crippen LogP contribution in [0.4, 0.5) is 0 Å². The Kier molecular flexibility index (Phi) is 4.27. The minimum absolute atomic E-state index is 0.101. The highest BCUT2D eigenvalue weighted by Crippen LogP contribution is 2.43. The van der Waals surface area contributed by atoms with Gasteiger partial charge in [0.1, 0.15) is 5.75 Å². The van der Waals surface area contributed by atoms with Gasteiger partial charge in [0.05, 0.1) is 12.8 Å². The van der Waals surface area contributed by atoms with Crippen molar-refractivity contribution in [1.82, 2.24) is 5.32 Å². The van der Waals surface area contributed by atoms with Crippen LogP contribution >= 0.6 is 0 Å². The van der Waals surface area contributed by atoms with Gasteiger partial charge >= 0.3 is 5.97 Å². The summed E-state index contributed by atoms with van der Waals surface area (Å²) in [5.41, 5.74) is 0.297. The van der Waals surface area contributed by atoms with Gasteiger partial charge in [-0.3, -0.25) is 9.59 Å². The minimum atomic E-state index is -0.820. The number of aromatic hydroxyl groups is 1. The van der Waals surface area contributed by atoms with Crippen molar-refractivity contribution >= 4 is 11.9 Å². The van der Waals surface area contributed by atoms with Crippen molar-refractivity contribution in [2.45, 2.75) is 32.1 Å². The molecule has 0 bridgehead atoms. The van der Waals surface area contributed by atoms with E-state index in [4.69, 9.17) is 5.11 Å². The molecule has 3 N–H and O–H groups in total. The van der Waals surface area contributed by atoms with E-state index in [1.54, 1.807) is 24.3 Å². The average Bonchev–Trinajstić information content (AvgIpc) is 2.35. The molecule has 0 unspecified atom stereocenters. The average molecular weight is 277 g/mol. The number of phenolic OH excluding ortho intramolecular Hbond substituents is 1. The topological polar surface area (TPSA) is 86.6 Å². The number of carbonyl (C=O) groups is 2. The van der Waals surface area contributed by atoms with Crippen LogP contribution in [0.15, 0.2) is 24.3 Å². The zero-order valence-corrected chi connectivity index (χ0v) is 11.3. The van der Waals surface area contributed by atoms with Gasteiger partial charge in [0, 0.05) is 12.1 Å². The lowest BCUT2D eigenvalue weighted by Gasteiger charge is -2.40. The molecule has 0 heterocycles. The molecule has 1 saturated carbocycles. The summed E-state index contributed by atoms with van der Waals surface area (Å²) < 4.78 is 0. The molecular formula is C15H19NO4. The zero-order chi connectivity index (χ0) is 14.6. The summed E-state index contributed by atoms with van der Waals surface area (Å²) in [6.07, 6.45) is 2.91. The summed E-state index contributed by atoms with van der Waals surface area (Å²) in [6.45, 7) is 0.395. The molecule has 5 nitrogen and oxygen atoms in total. The molecule has 0 atom stereocenters. The molecular weight excluding hydrogens is 258 g/mol. The fourth-order valence-corrected chi connectivity index (χ4v) is 2.60. The number of carboxylic acid groups (broad SMARTS) is 1. The Morgan fingerprint density at radius 3 is 2.50 bits per heavy atom. The highest BCUT2D eigenvalue weighted by molar-refractivity contribution is 5.79. The van der Waals surface area contributed by atoms with E-state index in [0.29, 0.717) is 12.1 Å². The number of amides is 1. The number of rotatable bonds is 6. The molecule has 0 aromatic heterocycles. The molecule has 1 aliphatic carbocycles. The minimum Gasteiger partial charge on any atom is -0.508 e. The van der Waals surface area contributed by atoms with Gasteiger partial charge in [-0.15, -0.1) is 0 Å². The van der Waals surface area contributed by atoms with Crippen LogP contribution in [-0.2, 0) is 16.0 Å². The molecule has 0 radical (unpaired) electrons. The smallest absolute Gasteiger partial charge is 0.303 e. The van der Waals surface area contributed by atoms with Crippen LogP contribution in [-0.4, -0.2) is 28.6 Å². The Hall–Kier alpha value is -2.04. The first-order valence-corrected chi connectivity index (χ1v) is 6.76. The number of benzene rings is 1. The Labute approximate surface area is 117 Å². The summed E-state index contributed by atoms with van der Waals surface area (Å²) in [5.74, 6) is -0.908. The number of aliphatic carboxylic acids is 1. The number of nitrogens with one attached hydrogen (secondary N) is 1. The number of carboxylic acids is 1. The lowest BCUT2D eigenvalue weighted by atomic mass is 9.66. The van der Waals surface area contributed by atoms with Crippen LogP contribution in [0, 0.1) is 5.41 Å². The maximum Gasteiger partial charge on any atom is 0.303 e. The van der Waals surface area contributed by atoms with E-state index in [1.807, 2.05) is 0 Å². The third-order valence-electron chi connectivity index (χ3n) is 3.94. The van der Waals surface area contributed by atoms with Crippen LogP contribution in [0.5, 0.6) is 5.75 Å². The normalized spacial score (nSPS) is 16.2. The van der Waals surface area contributed by atoms with Gasteiger partial charge in [-0.05, 0) is 24.3 Å². The maximum atomic E-state index is 11.9. The van der Waals surface area contributed by atoms with Crippen LogP contribution in [0.1, 0.15) is 31.2 Å². The maximum absolute atomic E-state index is 11.9. The first-order valence-electron chi connectivity index (χ1n) is 6.76. The van der Waals surface area contributed by atoms with E-state index in [2.05, 4.69) is 5.32 Å². The Bertz CT molecular complexity index is 508. The molecule has 1 amide bonds. The van der Waals surface area contributed by atoms with Gasteiger partial charge in [0.25, 0.3) is 0 Å². The van der Waals surface area contributed by atoms with E-state index in [9.17, 15) is 14.7 Å². The van der Waals surface area contributed by atoms with E-state index in [0.717, 1.165) is 19.3 Å². The van der Waals surface area contributed by atoms with Gasteiger partial charge < -0.3 is 15.5 Å². The fraction of sp³-hybridized carbons (Fsp3) is 0.467. The van der Waals surface area contributed by atoms with Crippen LogP contribution in [0.2, 0.25) is 0 Å². The van der Waals surface area contributed by atoms with Crippen LogP contribution in [0.3, 0.4) is 0 Å². The second kappa shape index (κ2) is 5.94. The van der Waals surface area contributed by atoms with Gasteiger partial charge in [0.15, 0.2) is 0 Å². The van der Waals surface area contributed by atoms with Crippen molar-refractivity contribution in [1.29, 1.82) is 0 Å². The number of para-hydroxylation sites is 1. The van der Waals surface area contributed by atoms with Crippen LogP contribution < -0.4 is 5.32 Å². The molecule has 1 fully saturated rings. The summed E-state index contributed by atoms with van der Waals surface area (Å²) in [4.78, 5) is 22.7. The van der Waals surface area contributed by atoms with E-state index in [-0.39, 0.29) is 29.9 Å². The summed E-state index contributed by atoms with van der Waals surface area (Å²) in [7, 11) is 0. The third-order valence-corrected chi connectivity index (χ3v) is 3.94. The molecule has 5 heteroatoms. The monoisotopic (exact) mass is 277 g/mol. The summed E-state index contributed by atoms with van der Waals surface area (Å²) in [6, 6.07) is 6.71. The lowest BCUT2D eigenvalue weighted by Crippen LogP contribution is -2.43. The Balaban J connectivity index is 1.86. The SMILES string of the molecule is O=C(O)CC1(CNC(=O)Cc2ccccc2O)CCC1. The molecule has 1 aromatic carbocycles. The Morgan fingerprint density at radius 1 is 1.25 bits per heavy atom. The molecule has 1 aromatic rings. The lowest BCUT2D eigenvalue weighted by molar-refractivity contribution is -0.141. The molecule has 0 aliphatic heterocycles. The third kappa shape index (κ3) is 3.50. The van der Waals surface area contributed by atoms with Crippen molar-refractivity contribution < 1.29 is 19.8 Å². The molecule has 0 spiro atoms. The molecule has 1 aliphatic rings. The van der Waals surface area contributed by atoms with Crippen molar-refractivity contribution in [2.75, 3.05) is 6.54 Å². The first kappa shape index (κ1) is 14.4. The van der Waals surface area contributed by atoms with Gasteiger partial charge in [-0.2, -0.15) is 0 Å². The number of carbonyl (C=O) groups excluding carboxylic acids is 1. The van der Waals surface area contributed by atoms with Gasteiger partial charge in [-0.1, -0.05) is 24.6 Å². The molecule has 2 rings (SSSR count). The van der Waals surface area contributed by atoms with Crippen molar-refractivity contribution in [3.8, 4) is 5.75 Å². The highest BCUT2D eigenvalue weighted by Gasteiger charge is 2.39. The molecule has 0 saturated heterocycles. The largest absolute Gasteiger partial charge is 0.508 e. The first-order chi connectivity index (χ1) is 9.51. The van der Waals surface area contributed by atoms with E-state index < -0.39 is 5.97 Å². The standard InChI is InChI=1S/C15H19NO4/c17-12-5-2-1-4-11(12)8-13(18)16-10-15(6-3-7-15)9-14(19)20/h1-2,4-5,17H,3,6-10H2,(H,16,18)(H,19,20). The Morgan fingerprint density at radius 2 is 1.95 bits per heavy atom. The van der Waals surface area contributed by atoms with Gasteiger partial charge in [0.2, 0.25) is 5.91 Å².